The number of primary amides is 1. The number of imidazole rings is 1. The van der Waals surface area contributed by atoms with Crippen molar-refractivity contribution in [2.45, 2.75) is 82.2 Å². The SMILES string of the molecule is C[C@H](NC(=O)[C@@H](Cc1c[nH]c2ccccc12)NC(=O)[C@@H](N)Cc1cnc[nH]1)C(=O)NN(Cc1cccc2ccccc12)C(=O)N[C@H](Cc1ccccc1)C(=O)N[C@@H](CCCCN)C(N)=O. The van der Waals surface area contributed by atoms with E-state index in [0.717, 1.165) is 32.2 Å². The molecule has 0 saturated carbocycles. The maximum absolute atomic E-state index is 14.5. The van der Waals surface area contributed by atoms with Gasteiger partial charge in [0.05, 0.1) is 18.9 Å². The van der Waals surface area contributed by atoms with Crippen molar-refractivity contribution in [3.05, 3.63) is 138 Å². The van der Waals surface area contributed by atoms with Gasteiger partial charge in [0, 0.05) is 48.3 Å². The van der Waals surface area contributed by atoms with Crippen LogP contribution in [0.1, 0.15) is 48.6 Å². The number of amides is 7. The molecule has 6 aromatic rings. The molecular formula is C47H56N12O6. The zero-order chi connectivity index (χ0) is 46.3. The van der Waals surface area contributed by atoms with Crippen LogP contribution in [0.25, 0.3) is 21.7 Å². The number of nitrogens with two attached hydrogens (primary N) is 3. The molecule has 2 aromatic heterocycles. The molecule has 18 heteroatoms. The normalized spacial score (nSPS) is 13.5. The highest BCUT2D eigenvalue weighted by Gasteiger charge is 2.31. The molecule has 0 fully saturated rings. The summed E-state index contributed by atoms with van der Waals surface area (Å²) in [5.74, 6) is -3.45. The molecule has 0 unspecified atom stereocenters. The first kappa shape index (κ1) is 46.9. The third-order valence-corrected chi connectivity index (χ3v) is 11.0. The second kappa shape index (κ2) is 22.7. The molecule has 0 bridgehead atoms. The molecule has 18 nitrogen and oxygen atoms in total. The van der Waals surface area contributed by atoms with Gasteiger partial charge in [-0.3, -0.25) is 29.4 Å². The first-order valence-corrected chi connectivity index (χ1v) is 21.5. The van der Waals surface area contributed by atoms with Crippen molar-refractivity contribution in [2.75, 3.05) is 6.54 Å². The summed E-state index contributed by atoms with van der Waals surface area (Å²) in [6, 6.07) is 23.0. The summed E-state index contributed by atoms with van der Waals surface area (Å²) < 4.78 is 0. The van der Waals surface area contributed by atoms with E-state index in [1.807, 2.05) is 72.8 Å². The number of H-pyrrole nitrogens is 2. The summed E-state index contributed by atoms with van der Waals surface area (Å²) in [5, 5.41) is 14.5. The van der Waals surface area contributed by atoms with Crippen LogP contribution >= 0.6 is 0 Å². The van der Waals surface area contributed by atoms with E-state index in [2.05, 4.69) is 41.6 Å². The lowest BCUT2D eigenvalue weighted by Crippen LogP contribution is -2.60. The molecule has 7 amide bonds. The number of fused-ring (bicyclic) bond motifs is 2. The minimum absolute atomic E-state index is 0.0320. The number of hydrazine groups is 1. The van der Waals surface area contributed by atoms with Gasteiger partial charge in [-0.05, 0) is 66.3 Å². The second-order valence-electron chi connectivity index (χ2n) is 15.9. The van der Waals surface area contributed by atoms with Crippen LogP contribution in [-0.2, 0) is 49.8 Å². The van der Waals surface area contributed by atoms with E-state index in [-0.39, 0.29) is 32.2 Å². The molecule has 65 heavy (non-hydrogen) atoms. The van der Waals surface area contributed by atoms with E-state index in [0.29, 0.717) is 36.2 Å². The van der Waals surface area contributed by atoms with Gasteiger partial charge in [-0.1, -0.05) is 91.0 Å². The molecule has 4 aromatic carbocycles. The van der Waals surface area contributed by atoms with Crippen molar-refractivity contribution in [2.24, 2.45) is 17.2 Å². The van der Waals surface area contributed by atoms with Crippen LogP contribution in [0.4, 0.5) is 4.79 Å². The van der Waals surface area contributed by atoms with Crippen molar-refractivity contribution >= 4 is 57.2 Å². The summed E-state index contributed by atoms with van der Waals surface area (Å²) >= 11 is 0. The predicted octanol–water partition coefficient (Wildman–Crippen LogP) is 2.10. The summed E-state index contributed by atoms with van der Waals surface area (Å²) in [4.78, 5) is 92.5. The number of hydrogen-bond acceptors (Lipinski definition) is 9. The van der Waals surface area contributed by atoms with Gasteiger partial charge < -0.3 is 48.4 Å². The van der Waals surface area contributed by atoms with Gasteiger partial charge in [-0.25, -0.2) is 14.8 Å². The number of urea groups is 1. The van der Waals surface area contributed by atoms with Gasteiger partial charge in [0.2, 0.25) is 23.6 Å². The van der Waals surface area contributed by atoms with Gasteiger partial charge in [-0.2, -0.15) is 0 Å². The minimum Gasteiger partial charge on any atom is -0.368 e. The van der Waals surface area contributed by atoms with E-state index >= 15 is 0 Å². The molecule has 0 aliphatic carbocycles. The molecule has 2 heterocycles. The maximum atomic E-state index is 14.5. The van der Waals surface area contributed by atoms with Crippen molar-refractivity contribution in [3.63, 3.8) is 0 Å². The number of nitrogens with zero attached hydrogens (tertiary/aromatic N) is 2. The summed E-state index contributed by atoms with van der Waals surface area (Å²) in [7, 11) is 0. The summed E-state index contributed by atoms with van der Waals surface area (Å²) in [5.41, 5.74) is 23.8. The Balaban J connectivity index is 1.23. The van der Waals surface area contributed by atoms with Gasteiger partial charge in [-0.15, -0.1) is 0 Å². The van der Waals surface area contributed by atoms with Crippen molar-refractivity contribution in [3.8, 4) is 0 Å². The molecule has 6 rings (SSSR count). The molecule has 5 atom stereocenters. The van der Waals surface area contributed by atoms with Gasteiger partial charge in [0.15, 0.2) is 0 Å². The average molecular weight is 885 g/mol. The topological polar surface area (TPSA) is 288 Å². The highest BCUT2D eigenvalue weighted by Crippen LogP contribution is 2.21. The summed E-state index contributed by atoms with van der Waals surface area (Å²) in [6.07, 6.45) is 6.40. The van der Waals surface area contributed by atoms with Crippen LogP contribution in [0.3, 0.4) is 0 Å². The Morgan fingerprint density at radius 2 is 1.35 bits per heavy atom. The van der Waals surface area contributed by atoms with Crippen LogP contribution in [0, 0.1) is 0 Å². The summed E-state index contributed by atoms with van der Waals surface area (Å²) in [6.45, 7) is 1.68. The standard InChI is InChI=1S/C47H56N12O6/c1-29(54-45(63)41(23-33-25-52-38-19-8-7-18-36(33)38)56-44(62)37(49)24-34-26-51-28-53-34)43(61)58-59(27-32-16-11-15-31-14-5-6-17-35(31)32)47(65)57-40(22-30-12-3-2-4-13-30)46(64)55-39(42(50)60)20-9-10-21-48/h2-8,11-19,25-26,28-29,37,39-41,52H,9-10,20-24,27,48-49H2,1H3,(H2,50,60)(H,51,53)(H,54,63)(H,55,64)(H,56,62)(H,57,65)(H,58,61)/t29-,37-,39-,40+,41+/m0/s1. The average Bonchev–Trinajstić information content (AvgIpc) is 3.98. The number of carbonyl (C=O) groups is 6. The molecule has 13 N–H and O–H groups in total. The zero-order valence-electron chi connectivity index (χ0n) is 36.1. The number of rotatable bonds is 21. The highest BCUT2D eigenvalue weighted by molar-refractivity contribution is 5.95. The Bertz CT molecular complexity index is 2560. The number of nitrogens with one attached hydrogen (secondary N) is 7. The smallest absolute Gasteiger partial charge is 0.337 e. The zero-order valence-corrected chi connectivity index (χ0v) is 36.1. The fraction of sp³-hybridized carbons (Fsp3) is 0.298. The Hall–Kier alpha value is -7.57. The molecule has 0 aliphatic rings. The lowest BCUT2D eigenvalue weighted by Gasteiger charge is -2.29. The number of aromatic amines is 2. The quantitative estimate of drug-likeness (QED) is 0.0374. The molecule has 340 valence electrons. The number of hydrogen-bond donors (Lipinski definition) is 10. The third kappa shape index (κ3) is 13.0. The monoisotopic (exact) mass is 884 g/mol. The largest absolute Gasteiger partial charge is 0.368 e. The fourth-order valence-corrected chi connectivity index (χ4v) is 7.44. The van der Waals surface area contributed by atoms with Crippen molar-refractivity contribution in [1.29, 1.82) is 0 Å². The Labute approximate surface area is 375 Å². The van der Waals surface area contributed by atoms with Crippen LogP contribution < -0.4 is 43.9 Å². The van der Waals surface area contributed by atoms with Crippen molar-refractivity contribution < 1.29 is 28.8 Å². The number of benzene rings is 4. The number of unbranched alkanes of at least 4 members (excludes halogenated alkanes) is 1. The predicted molar refractivity (Wildman–Crippen MR) is 246 cm³/mol. The lowest BCUT2D eigenvalue weighted by molar-refractivity contribution is -0.133. The lowest BCUT2D eigenvalue weighted by atomic mass is 10.0. The number of para-hydroxylation sites is 1. The fourth-order valence-electron chi connectivity index (χ4n) is 7.44. The number of aromatic nitrogens is 3. The molecule has 0 spiro atoms. The van der Waals surface area contributed by atoms with Crippen LogP contribution in [0.5, 0.6) is 0 Å². The highest BCUT2D eigenvalue weighted by atomic mass is 16.2. The van der Waals surface area contributed by atoms with E-state index in [4.69, 9.17) is 17.2 Å². The van der Waals surface area contributed by atoms with Crippen molar-refractivity contribution in [1.82, 2.24) is 46.7 Å². The molecule has 0 saturated heterocycles. The second-order valence-corrected chi connectivity index (χ2v) is 15.9. The minimum atomic E-state index is -1.25. The first-order chi connectivity index (χ1) is 31.4. The van der Waals surface area contributed by atoms with E-state index in [1.54, 1.807) is 36.7 Å². The molecule has 0 radical (unpaired) electrons. The maximum Gasteiger partial charge on any atom is 0.337 e. The Morgan fingerprint density at radius 1 is 0.677 bits per heavy atom. The van der Waals surface area contributed by atoms with E-state index in [9.17, 15) is 28.8 Å². The number of carbonyl (C=O) groups excluding carboxylic acids is 6. The van der Waals surface area contributed by atoms with Gasteiger partial charge in [0.1, 0.15) is 24.2 Å². The molecular weight excluding hydrogens is 829 g/mol. The van der Waals surface area contributed by atoms with Crippen LogP contribution in [0.15, 0.2) is 116 Å². The van der Waals surface area contributed by atoms with Gasteiger partial charge in [0.25, 0.3) is 5.91 Å². The van der Waals surface area contributed by atoms with E-state index in [1.165, 1.54) is 13.3 Å². The van der Waals surface area contributed by atoms with Crippen LogP contribution in [-0.4, -0.2) is 92.3 Å². The van der Waals surface area contributed by atoms with Gasteiger partial charge >= 0.3 is 6.03 Å². The Kier molecular flexibility index (Phi) is 16.4. The molecule has 0 aliphatic heterocycles. The third-order valence-electron chi connectivity index (χ3n) is 11.0. The van der Waals surface area contributed by atoms with Crippen LogP contribution in [0.2, 0.25) is 0 Å². The Morgan fingerprint density at radius 3 is 2.09 bits per heavy atom. The first-order valence-electron chi connectivity index (χ1n) is 21.5. The van der Waals surface area contributed by atoms with E-state index < -0.39 is 65.8 Å².